The molecule has 0 atom stereocenters. The molecule has 19 heavy (non-hydrogen) atoms. The normalized spacial score (nSPS) is 11.3. The zero-order chi connectivity index (χ0) is 13.8. The van der Waals surface area contributed by atoms with E-state index >= 15 is 0 Å². The molecule has 4 heteroatoms. The molecule has 102 valence electrons. The molecular weight excluding hydrogens is 240 g/mol. The number of carboxylic acid groups (broad SMARTS) is 1. The Morgan fingerprint density at radius 2 is 2.16 bits per heavy atom. The lowest BCUT2D eigenvalue weighted by atomic mass is 10.1. The summed E-state index contributed by atoms with van der Waals surface area (Å²) in [6.07, 6.45) is 5.39. The van der Waals surface area contributed by atoms with Gasteiger partial charge in [0, 0.05) is 6.54 Å². The second kappa shape index (κ2) is 5.87. The summed E-state index contributed by atoms with van der Waals surface area (Å²) < 4.78 is 2.10. The van der Waals surface area contributed by atoms with E-state index in [0.29, 0.717) is 0 Å². The molecule has 1 N–H and O–H groups in total. The van der Waals surface area contributed by atoms with Gasteiger partial charge in [-0.25, -0.2) is 9.78 Å². The van der Waals surface area contributed by atoms with Gasteiger partial charge in [0.15, 0.2) is 0 Å². The molecule has 0 amide bonds. The number of aromatic nitrogens is 2. The van der Waals surface area contributed by atoms with E-state index in [9.17, 15) is 4.79 Å². The van der Waals surface area contributed by atoms with E-state index in [4.69, 9.17) is 5.11 Å². The van der Waals surface area contributed by atoms with Crippen LogP contribution in [0.25, 0.3) is 11.0 Å². The number of carbonyl (C=O) groups is 1. The van der Waals surface area contributed by atoms with Gasteiger partial charge >= 0.3 is 5.97 Å². The largest absolute Gasteiger partial charge is 0.478 e. The molecule has 0 aliphatic carbocycles. The zero-order valence-corrected chi connectivity index (χ0v) is 11.5. The van der Waals surface area contributed by atoms with E-state index in [0.717, 1.165) is 29.9 Å². The predicted octanol–water partition coefficient (Wildman–Crippen LogP) is 3.56. The van der Waals surface area contributed by atoms with Gasteiger partial charge in [-0.3, -0.25) is 0 Å². The van der Waals surface area contributed by atoms with Crippen LogP contribution in [0.1, 0.15) is 43.5 Å². The number of hydrogen-bond donors (Lipinski definition) is 1. The SMILES string of the molecule is CC(C)CCCCn1cnc2cc(C(=O)O)ccc21. The number of imidazole rings is 1. The molecule has 0 saturated carbocycles. The number of aryl methyl sites for hydroxylation is 1. The summed E-state index contributed by atoms with van der Waals surface area (Å²) in [5.74, 6) is -0.161. The Hall–Kier alpha value is -1.84. The second-order valence-corrected chi connectivity index (χ2v) is 5.34. The van der Waals surface area contributed by atoms with Crippen molar-refractivity contribution < 1.29 is 9.90 Å². The van der Waals surface area contributed by atoms with Crippen LogP contribution in [0.4, 0.5) is 0 Å². The van der Waals surface area contributed by atoms with Gasteiger partial charge in [-0.2, -0.15) is 0 Å². The molecule has 1 aromatic carbocycles. The molecule has 0 aliphatic heterocycles. The van der Waals surface area contributed by atoms with Crippen LogP contribution in [0.2, 0.25) is 0 Å². The number of nitrogens with zero attached hydrogens (tertiary/aromatic N) is 2. The molecule has 0 bridgehead atoms. The average molecular weight is 260 g/mol. The third kappa shape index (κ3) is 3.34. The first kappa shape index (κ1) is 13.6. The summed E-state index contributed by atoms with van der Waals surface area (Å²) in [5, 5.41) is 8.94. The average Bonchev–Trinajstić information content (AvgIpc) is 2.76. The maximum atomic E-state index is 10.9. The number of fused-ring (bicyclic) bond motifs is 1. The molecular formula is C15H20N2O2. The van der Waals surface area contributed by atoms with Crippen molar-refractivity contribution in [3.05, 3.63) is 30.1 Å². The standard InChI is InChI=1S/C15H20N2O2/c1-11(2)5-3-4-8-17-10-16-13-9-12(15(18)19)6-7-14(13)17/h6-7,9-11H,3-5,8H2,1-2H3,(H,18,19). The zero-order valence-electron chi connectivity index (χ0n) is 11.5. The van der Waals surface area contributed by atoms with Crippen LogP contribution in [0.5, 0.6) is 0 Å². The number of aromatic carboxylic acids is 1. The van der Waals surface area contributed by atoms with Gasteiger partial charge in [0.05, 0.1) is 22.9 Å². The maximum absolute atomic E-state index is 10.9. The summed E-state index contributed by atoms with van der Waals surface area (Å²) in [4.78, 5) is 15.2. The van der Waals surface area contributed by atoms with Crippen molar-refractivity contribution in [1.29, 1.82) is 0 Å². The van der Waals surface area contributed by atoms with Crippen molar-refractivity contribution in [2.24, 2.45) is 5.92 Å². The molecule has 0 spiro atoms. The first-order valence-corrected chi connectivity index (χ1v) is 6.76. The Balaban J connectivity index is 2.06. The smallest absolute Gasteiger partial charge is 0.335 e. The second-order valence-electron chi connectivity index (χ2n) is 5.34. The van der Waals surface area contributed by atoms with Crippen molar-refractivity contribution in [2.45, 2.75) is 39.7 Å². The molecule has 2 rings (SSSR count). The number of rotatable bonds is 6. The van der Waals surface area contributed by atoms with Crippen LogP contribution in [-0.4, -0.2) is 20.6 Å². The molecule has 0 saturated heterocycles. The van der Waals surface area contributed by atoms with Gasteiger partial charge in [-0.15, -0.1) is 0 Å². The van der Waals surface area contributed by atoms with Crippen LogP contribution in [0.15, 0.2) is 24.5 Å². The van der Waals surface area contributed by atoms with E-state index in [1.54, 1.807) is 18.5 Å². The van der Waals surface area contributed by atoms with E-state index in [-0.39, 0.29) is 5.56 Å². The Morgan fingerprint density at radius 3 is 2.84 bits per heavy atom. The van der Waals surface area contributed by atoms with Gasteiger partial charge in [-0.1, -0.05) is 26.7 Å². The summed E-state index contributed by atoms with van der Waals surface area (Å²) >= 11 is 0. The molecule has 1 heterocycles. The molecule has 4 nitrogen and oxygen atoms in total. The van der Waals surface area contributed by atoms with Crippen LogP contribution in [0.3, 0.4) is 0 Å². The number of benzene rings is 1. The van der Waals surface area contributed by atoms with Gasteiger partial charge in [0.25, 0.3) is 0 Å². The first-order chi connectivity index (χ1) is 9.08. The molecule has 0 radical (unpaired) electrons. The fourth-order valence-corrected chi connectivity index (χ4v) is 2.21. The van der Waals surface area contributed by atoms with Gasteiger partial charge in [0.1, 0.15) is 0 Å². The highest BCUT2D eigenvalue weighted by atomic mass is 16.4. The van der Waals surface area contributed by atoms with E-state index in [1.165, 1.54) is 12.8 Å². The fraction of sp³-hybridized carbons (Fsp3) is 0.467. The lowest BCUT2D eigenvalue weighted by Gasteiger charge is -2.06. The molecule has 1 aromatic heterocycles. The highest BCUT2D eigenvalue weighted by molar-refractivity contribution is 5.92. The van der Waals surface area contributed by atoms with Crippen molar-refractivity contribution in [3.8, 4) is 0 Å². The van der Waals surface area contributed by atoms with Crippen LogP contribution in [-0.2, 0) is 6.54 Å². The van der Waals surface area contributed by atoms with E-state index in [2.05, 4.69) is 23.4 Å². The summed E-state index contributed by atoms with van der Waals surface area (Å²) in [6, 6.07) is 5.10. The minimum Gasteiger partial charge on any atom is -0.478 e. The van der Waals surface area contributed by atoms with Gasteiger partial charge in [-0.05, 0) is 30.5 Å². The number of carboxylic acids is 1. The van der Waals surface area contributed by atoms with E-state index in [1.807, 2.05) is 6.07 Å². The minimum atomic E-state index is -0.909. The quantitative estimate of drug-likeness (QED) is 0.808. The Kier molecular flexibility index (Phi) is 4.20. The topological polar surface area (TPSA) is 55.1 Å². The Labute approximate surface area is 113 Å². The Bertz CT molecular complexity index is 573. The van der Waals surface area contributed by atoms with Crippen LogP contribution in [0, 0.1) is 5.92 Å². The monoisotopic (exact) mass is 260 g/mol. The minimum absolute atomic E-state index is 0.289. The van der Waals surface area contributed by atoms with Crippen LogP contribution < -0.4 is 0 Å². The Morgan fingerprint density at radius 1 is 1.37 bits per heavy atom. The fourth-order valence-electron chi connectivity index (χ4n) is 2.21. The molecule has 0 aliphatic rings. The lowest BCUT2D eigenvalue weighted by molar-refractivity contribution is 0.0697. The molecule has 2 aromatic rings. The summed E-state index contributed by atoms with van der Waals surface area (Å²) in [7, 11) is 0. The summed E-state index contributed by atoms with van der Waals surface area (Å²) in [5.41, 5.74) is 2.05. The highest BCUT2D eigenvalue weighted by Gasteiger charge is 2.07. The number of unbranched alkanes of at least 4 members (excludes halogenated alkanes) is 1. The van der Waals surface area contributed by atoms with Crippen molar-refractivity contribution >= 4 is 17.0 Å². The highest BCUT2D eigenvalue weighted by Crippen LogP contribution is 2.16. The lowest BCUT2D eigenvalue weighted by Crippen LogP contribution is -1.98. The van der Waals surface area contributed by atoms with Gasteiger partial charge in [0.2, 0.25) is 0 Å². The first-order valence-electron chi connectivity index (χ1n) is 6.76. The third-order valence-corrected chi connectivity index (χ3v) is 3.30. The third-order valence-electron chi connectivity index (χ3n) is 3.30. The van der Waals surface area contributed by atoms with Gasteiger partial charge < -0.3 is 9.67 Å². The predicted molar refractivity (Wildman–Crippen MR) is 75.4 cm³/mol. The van der Waals surface area contributed by atoms with Crippen molar-refractivity contribution in [2.75, 3.05) is 0 Å². The van der Waals surface area contributed by atoms with Crippen molar-refractivity contribution in [1.82, 2.24) is 9.55 Å². The molecule has 0 unspecified atom stereocenters. The van der Waals surface area contributed by atoms with Crippen molar-refractivity contribution in [3.63, 3.8) is 0 Å². The number of hydrogen-bond acceptors (Lipinski definition) is 2. The summed E-state index contributed by atoms with van der Waals surface area (Å²) in [6.45, 7) is 5.41. The maximum Gasteiger partial charge on any atom is 0.335 e. The van der Waals surface area contributed by atoms with E-state index < -0.39 is 5.97 Å². The van der Waals surface area contributed by atoms with Crippen LogP contribution >= 0.6 is 0 Å². The molecule has 0 fully saturated rings.